The van der Waals surface area contributed by atoms with Crippen LogP contribution in [0.25, 0.3) is 0 Å². The average molecular weight is 450 g/mol. The molecule has 5 unspecified atom stereocenters. The molecule has 1 saturated carbocycles. The summed E-state index contributed by atoms with van der Waals surface area (Å²) in [5, 5.41) is 40.0. The lowest BCUT2D eigenvalue weighted by atomic mass is 9.50. The highest BCUT2D eigenvalue weighted by molar-refractivity contribution is 5.89. The van der Waals surface area contributed by atoms with Crippen LogP contribution in [0.15, 0.2) is 12.1 Å². The predicted octanol–water partition coefficient (Wildman–Crippen LogP) is 3.86. The highest BCUT2D eigenvalue weighted by Crippen LogP contribution is 2.70. The van der Waals surface area contributed by atoms with Gasteiger partial charge < -0.3 is 23.7 Å². The number of hydrogen-bond acceptors (Lipinski definition) is 9. The van der Waals surface area contributed by atoms with E-state index in [1.165, 1.54) is 21.3 Å². The molecule has 3 aliphatic rings. The van der Waals surface area contributed by atoms with E-state index in [4.69, 9.17) is 29.1 Å². The van der Waals surface area contributed by atoms with Crippen molar-refractivity contribution in [1.29, 1.82) is 21.2 Å². The van der Waals surface area contributed by atoms with Crippen LogP contribution in [0.5, 0.6) is 17.2 Å². The summed E-state index contributed by atoms with van der Waals surface area (Å²) in [6, 6.07) is 9.61. The number of rotatable bonds is 5. The number of nitrogens with zero attached hydrogens (tertiary/aromatic N) is 3. The molecule has 9 heteroatoms. The topological polar surface area (TPSA) is 141 Å². The van der Waals surface area contributed by atoms with E-state index < -0.39 is 28.6 Å². The predicted molar refractivity (Wildman–Crippen MR) is 114 cm³/mol. The summed E-state index contributed by atoms with van der Waals surface area (Å²) in [5.74, 6) is -0.931. The van der Waals surface area contributed by atoms with Gasteiger partial charge in [0.25, 0.3) is 0 Å². The molecule has 1 aromatic rings. The Kier molecular flexibility index (Phi) is 5.39. The maximum atomic E-state index is 10.5. The van der Waals surface area contributed by atoms with Crippen LogP contribution in [0.3, 0.4) is 0 Å². The monoisotopic (exact) mass is 450 g/mol. The molecule has 1 aromatic carbocycles. The second-order valence-corrected chi connectivity index (χ2v) is 8.75. The fraction of sp³-hybridized carbons (Fsp3) is 0.583. The molecule has 0 radical (unpaired) electrons. The summed E-state index contributed by atoms with van der Waals surface area (Å²) in [6.07, 6.45) is 1.52. The van der Waals surface area contributed by atoms with Crippen molar-refractivity contribution in [2.75, 3.05) is 21.3 Å². The number of ether oxygens (including phenoxy) is 5. The number of benzene rings is 1. The van der Waals surface area contributed by atoms with E-state index in [1.807, 2.05) is 0 Å². The van der Waals surface area contributed by atoms with Gasteiger partial charge >= 0.3 is 0 Å². The minimum Gasteiger partial charge on any atom is -0.493 e. The standard InChI is InChI=1S/C24H26N4O5/c1-5-14-6-7-24-18(8-14)23(13-27,21(28)33-24)22(11-25,12-26)20(32-24)15-9-16(29-2)19(31-4)17(10-15)30-3/h9-10,14,18,20,28H,5-8H2,1-4H3. The molecule has 9 nitrogen and oxygen atoms in total. The van der Waals surface area contributed by atoms with Crippen LogP contribution in [-0.4, -0.2) is 33.0 Å². The Morgan fingerprint density at radius 2 is 1.70 bits per heavy atom. The van der Waals surface area contributed by atoms with E-state index in [9.17, 15) is 15.8 Å². The van der Waals surface area contributed by atoms with E-state index in [2.05, 4.69) is 25.1 Å². The van der Waals surface area contributed by atoms with Gasteiger partial charge in [0.15, 0.2) is 16.9 Å². The van der Waals surface area contributed by atoms with Crippen molar-refractivity contribution in [1.82, 2.24) is 0 Å². The first-order valence-electron chi connectivity index (χ1n) is 10.9. The molecule has 0 spiro atoms. The summed E-state index contributed by atoms with van der Waals surface area (Å²) < 4.78 is 28.8. The van der Waals surface area contributed by atoms with E-state index in [-0.39, 0.29) is 5.90 Å². The highest BCUT2D eigenvalue weighted by Gasteiger charge is 2.80. The molecule has 3 fully saturated rings. The van der Waals surface area contributed by atoms with Gasteiger partial charge in [-0.1, -0.05) is 13.3 Å². The molecule has 2 heterocycles. The Labute approximate surface area is 192 Å². The largest absolute Gasteiger partial charge is 0.493 e. The Balaban J connectivity index is 1.98. The third kappa shape index (κ3) is 2.68. The SMILES string of the molecule is CCC1CCC23OC(=N)C(C#N)(C2C1)C(C#N)(C#N)C(c1cc(OC)c(OC)c(OC)c1)O3. The number of nitrogens with one attached hydrogen (secondary N) is 1. The van der Waals surface area contributed by atoms with Gasteiger partial charge in [-0.05, 0) is 36.5 Å². The molecule has 172 valence electrons. The van der Waals surface area contributed by atoms with Crippen LogP contribution < -0.4 is 14.2 Å². The van der Waals surface area contributed by atoms with Gasteiger partial charge in [0.2, 0.25) is 22.8 Å². The third-order valence-electron chi connectivity index (χ3n) is 7.59. The van der Waals surface area contributed by atoms with Gasteiger partial charge in [-0.25, -0.2) is 0 Å². The zero-order valence-electron chi connectivity index (χ0n) is 19.1. The second-order valence-electron chi connectivity index (χ2n) is 8.75. The molecule has 2 saturated heterocycles. The fourth-order valence-electron chi connectivity index (χ4n) is 5.84. The van der Waals surface area contributed by atoms with Crippen molar-refractivity contribution in [2.45, 2.75) is 44.5 Å². The molecule has 0 amide bonds. The highest BCUT2D eigenvalue weighted by atomic mass is 16.7. The molecule has 0 aromatic heterocycles. The molecule has 4 rings (SSSR count). The number of nitriles is 3. The van der Waals surface area contributed by atoms with Crippen molar-refractivity contribution >= 4 is 5.90 Å². The van der Waals surface area contributed by atoms with Crippen LogP contribution in [0, 0.1) is 62.1 Å². The van der Waals surface area contributed by atoms with Crippen molar-refractivity contribution in [2.24, 2.45) is 22.7 Å². The van der Waals surface area contributed by atoms with E-state index >= 15 is 0 Å². The van der Waals surface area contributed by atoms with Crippen molar-refractivity contribution < 1.29 is 23.7 Å². The molecule has 1 N–H and O–H groups in total. The minimum absolute atomic E-state index is 0.293. The van der Waals surface area contributed by atoms with Crippen molar-refractivity contribution in [3.05, 3.63) is 17.7 Å². The Morgan fingerprint density at radius 1 is 1.06 bits per heavy atom. The van der Waals surface area contributed by atoms with Gasteiger partial charge in [0.05, 0.1) is 45.5 Å². The smallest absolute Gasteiger partial charge is 0.217 e. The zero-order chi connectivity index (χ0) is 24.0. The zero-order valence-corrected chi connectivity index (χ0v) is 19.1. The van der Waals surface area contributed by atoms with Gasteiger partial charge in [0, 0.05) is 6.42 Å². The first-order valence-corrected chi connectivity index (χ1v) is 10.9. The van der Waals surface area contributed by atoms with Gasteiger partial charge in [-0.2, -0.15) is 15.8 Å². The maximum absolute atomic E-state index is 10.5. The Morgan fingerprint density at radius 3 is 2.18 bits per heavy atom. The van der Waals surface area contributed by atoms with Crippen molar-refractivity contribution in [3.8, 4) is 35.5 Å². The van der Waals surface area contributed by atoms with E-state index in [1.54, 1.807) is 12.1 Å². The summed E-state index contributed by atoms with van der Waals surface area (Å²) in [5.41, 5.74) is -3.39. The number of methoxy groups -OCH3 is 3. The van der Waals surface area contributed by atoms with E-state index in [0.717, 1.165) is 12.8 Å². The quantitative estimate of drug-likeness (QED) is 0.713. The first-order chi connectivity index (χ1) is 15.9. The van der Waals surface area contributed by atoms with Gasteiger partial charge in [-0.15, -0.1) is 0 Å². The lowest BCUT2D eigenvalue weighted by Crippen LogP contribution is -2.61. The summed E-state index contributed by atoms with van der Waals surface area (Å²) >= 11 is 0. The minimum atomic E-state index is -2.02. The van der Waals surface area contributed by atoms with Crippen LogP contribution in [0.4, 0.5) is 0 Å². The summed E-state index contributed by atoms with van der Waals surface area (Å²) in [6.45, 7) is 2.07. The fourth-order valence-corrected chi connectivity index (χ4v) is 5.84. The van der Waals surface area contributed by atoms with Crippen LogP contribution in [0.1, 0.15) is 44.3 Å². The van der Waals surface area contributed by atoms with Gasteiger partial charge in [0.1, 0.15) is 6.10 Å². The second kappa shape index (κ2) is 7.83. The first kappa shape index (κ1) is 22.7. The lowest BCUT2D eigenvalue weighted by Gasteiger charge is -2.52. The molecular formula is C24H26N4O5. The molecule has 5 atom stereocenters. The molecule has 2 bridgehead atoms. The van der Waals surface area contributed by atoms with E-state index in [0.29, 0.717) is 41.6 Å². The number of hydrogen-bond donors (Lipinski definition) is 1. The van der Waals surface area contributed by atoms with Crippen molar-refractivity contribution in [3.63, 3.8) is 0 Å². The Hall–Kier alpha value is -3.48. The van der Waals surface area contributed by atoms with Crippen LogP contribution in [0.2, 0.25) is 0 Å². The third-order valence-corrected chi connectivity index (χ3v) is 7.59. The maximum Gasteiger partial charge on any atom is 0.217 e. The molecule has 1 aliphatic carbocycles. The van der Waals surface area contributed by atoms with Crippen LogP contribution in [-0.2, 0) is 9.47 Å². The molecular weight excluding hydrogens is 424 g/mol. The lowest BCUT2D eigenvalue weighted by molar-refractivity contribution is -0.299. The normalized spacial score (nSPS) is 33.5. The summed E-state index contributed by atoms with van der Waals surface area (Å²) in [4.78, 5) is 0. The van der Waals surface area contributed by atoms with Crippen LogP contribution >= 0.6 is 0 Å². The summed E-state index contributed by atoms with van der Waals surface area (Å²) in [7, 11) is 4.40. The average Bonchev–Trinajstić information content (AvgIpc) is 3.05. The Bertz CT molecular complexity index is 1080. The van der Waals surface area contributed by atoms with Gasteiger partial charge in [-0.3, -0.25) is 5.41 Å². The molecule has 33 heavy (non-hydrogen) atoms. The molecule has 2 aliphatic heterocycles.